The summed E-state index contributed by atoms with van der Waals surface area (Å²) in [5.74, 6) is 0. The fourth-order valence-corrected chi connectivity index (χ4v) is 1.81. The first-order valence-corrected chi connectivity index (χ1v) is 5.84. The van der Waals surface area contributed by atoms with E-state index in [4.69, 9.17) is 17.3 Å². The van der Waals surface area contributed by atoms with Gasteiger partial charge in [-0.05, 0) is 42.0 Å². The van der Waals surface area contributed by atoms with Crippen molar-refractivity contribution in [2.45, 2.75) is 6.54 Å². The Bertz CT molecular complexity index is 477. The molecule has 0 aromatic heterocycles. The van der Waals surface area contributed by atoms with Crippen LogP contribution >= 0.6 is 11.6 Å². The van der Waals surface area contributed by atoms with Crippen molar-refractivity contribution < 1.29 is 0 Å². The number of nitrogen functional groups attached to an aromatic ring is 1. The van der Waals surface area contributed by atoms with Crippen LogP contribution in [0.1, 0.15) is 5.56 Å². The zero-order valence-electron chi connectivity index (χ0n) is 9.73. The molecule has 0 saturated heterocycles. The van der Waals surface area contributed by atoms with Crippen LogP contribution in [-0.2, 0) is 6.54 Å². The lowest BCUT2D eigenvalue weighted by Gasteiger charge is -2.19. The molecule has 2 aromatic carbocycles. The Morgan fingerprint density at radius 1 is 1.00 bits per heavy atom. The third-order valence-corrected chi connectivity index (χ3v) is 2.92. The highest BCUT2D eigenvalue weighted by molar-refractivity contribution is 6.30. The molecule has 88 valence electrons. The minimum atomic E-state index is 0.759. The molecule has 0 aliphatic carbocycles. The molecule has 0 aliphatic heterocycles. The second kappa shape index (κ2) is 5.11. The van der Waals surface area contributed by atoms with Gasteiger partial charge in [-0.25, -0.2) is 0 Å². The number of hydrogen-bond donors (Lipinski definition) is 1. The Morgan fingerprint density at radius 2 is 1.59 bits per heavy atom. The van der Waals surface area contributed by atoms with E-state index in [0.717, 1.165) is 22.9 Å². The van der Waals surface area contributed by atoms with E-state index in [1.165, 1.54) is 5.56 Å². The number of halogens is 1. The van der Waals surface area contributed by atoms with Crippen molar-refractivity contribution in [3.63, 3.8) is 0 Å². The van der Waals surface area contributed by atoms with Gasteiger partial charge in [-0.2, -0.15) is 0 Å². The van der Waals surface area contributed by atoms with E-state index in [1.54, 1.807) is 0 Å². The average Bonchev–Trinajstić information content (AvgIpc) is 2.33. The zero-order valence-corrected chi connectivity index (χ0v) is 10.5. The van der Waals surface area contributed by atoms with E-state index in [1.807, 2.05) is 48.5 Å². The molecule has 0 heterocycles. The minimum Gasteiger partial charge on any atom is -0.399 e. The summed E-state index contributed by atoms with van der Waals surface area (Å²) in [6, 6.07) is 15.8. The molecule has 0 radical (unpaired) electrons. The van der Waals surface area contributed by atoms with Gasteiger partial charge in [0.05, 0.1) is 0 Å². The van der Waals surface area contributed by atoms with Crippen LogP contribution in [0.3, 0.4) is 0 Å². The van der Waals surface area contributed by atoms with Gasteiger partial charge in [0.25, 0.3) is 0 Å². The van der Waals surface area contributed by atoms with Crippen LogP contribution in [0.25, 0.3) is 0 Å². The van der Waals surface area contributed by atoms with Crippen LogP contribution in [0.5, 0.6) is 0 Å². The third-order valence-electron chi connectivity index (χ3n) is 2.67. The van der Waals surface area contributed by atoms with Crippen molar-refractivity contribution in [2.75, 3.05) is 17.7 Å². The van der Waals surface area contributed by atoms with E-state index >= 15 is 0 Å². The summed E-state index contributed by atoms with van der Waals surface area (Å²) in [6.45, 7) is 0.849. The molecule has 3 heteroatoms. The Balaban J connectivity index is 2.08. The van der Waals surface area contributed by atoms with Gasteiger partial charge in [-0.3, -0.25) is 0 Å². The van der Waals surface area contributed by atoms with Crippen molar-refractivity contribution in [3.8, 4) is 0 Å². The maximum Gasteiger partial charge on any atom is 0.0426 e. The molecule has 2 rings (SSSR count). The fraction of sp³-hybridized carbons (Fsp3) is 0.143. The standard InChI is InChI=1S/C14H15ClN2/c1-17(14-8-4-12(15)5-9-14)10-11-2-6-13(16)7-3-11/h2-9H,10,16H2,1H3. The normalized spacial score (nSPS) is 10.2. The first-order chi connectivity index (χ1) is 8.15. The molecule has 2 nitrogen and oxygen atoms in total. The molecule has 17 heavy (non-hydrogen) atoms. The van der Waals surface area contributed by atoms with Gasteiger partial charge in [0, 0.05) is 30.0 Å². The van der Waals surface area contributed by atoms with Gasteiger partial charge >= 0.3 is 0 Å². The summed E-state index contributed by atoms with van der Waals surface area (Å²) in [4.78, 5) is 2.17. The molecule has 0 unspecified atom stereocenters. The van der Waals surface area contributed by atoms with Gasteiger partial charge in [-0.15, -0.1) is 0 Å². The first-order valence-electron chi connectivity index (χ1n) is 5.46. The molecule has 2 N–H and O–H groups in total. The molecule has 0 atom stereocenters. The predicted molar refractivity (Wildman–Crippen MR) is 74.4 cm³/mol. The Hall–Kier alpha value is -1.67. The summed E-state index contributed by atoms with van der Waals surface area (Å²) in [5, 5.41) is 0.759. The Labute approximate surface area is 107 Å². The maximum absolute atomic E-state index is 5.86. The predicted octanol–water partition coefficient (Wildman–Crippen LogP) is 3.56. The number of rotatable bonds is 3. The second-order valence-corrected chi connectivity index (χ2v) is 4.51. The SMILES string of the molecule is CN(Cc1ccc(N)cc1)c1ccc(Cl)cc1. The summed E-state index contributed by atoms with van der Waals surface area (Å²) < 4.78 is 0. The Morgan fingerprint density at radius 3 is 2.18 bits per heavy atom. The number of nitrogens with zero attached hydrogens (tertiary/aromatic N) is 1. The molecule has 0 saturated carbocycles. The molecular formula is C14H15ClN2. The van der Waals surface area contributed by atoms with Crippen LogP contribution in [0, 0.1) is 0 Å². The van der Waals surface area contributed by atoms with Gasteiger partial charge in [0.1, 0.15) is 0 Å². The minimum absolute atomic E-state index is 0.759. The molecule has 0 amide bonds. The van der Waals surface area contributed by atoms with Gasteiger partial charge in [0.2, 0.25) is 0 Å². The summed E-state index contributed by atoms with van der Waals surface area (Å²) >= 11 is 5.86. The van der Waals surface area contributed by atoms with Crippen molar-refractivity contribution in [1.82, 2.24) is 0 Å². The highest BCUT2D eigenvalue weighted by Crippen LogP contribution is 2.18. The Kier molecular flexibility index (Phi) is 3.55. The van der Waals surface area contributed by atoms with Crippen molar-refractivity contribution in [3.05, 3.63) is 59.1 Å². The molecular weight excluding hydrogens is 232 g/mol. The number of hydrogen-bond acceptors (Lipinski definition) is 2. The number of nitrogens with two attached hydrogens (primary N) is 1. The van der Waals surface area contributed by atoms with Crippen LogP contribution in [0.2, 0.25) is 5.02 Å². The van der Waals surface area contributed by atoms with Crippen molar-refractivity contribution in [2.24, 2.45) is 0 Å². The second-order valence-electron chi connectivity index (χ2n) is 4.07. The number of benzene rings is 2. The smallest absolute Gasteiger partial charge is 0.0426 e. The van der Waals surface area contributed by atoms with Crippen LogP contribution in [-0.4, -0.2) is 7.05 Å². The highest BCUT2D eigenvalue weighted by Gasteiger charge is 2.01. The summed E-state index contributed by atoms with van der Waals surface area (Å²) in [6.07, 6.45) is 0. The van der Waals surface area contributed by atoms with Gasteiger partial charge in [-0.1, -0.05) is 23.7 Å². The fourth-order valence-electron chi connectivity index (χ4n) is 1.68. The quantitative estimate of drug-likeness (QED) is 0.840. The van der Waals surface area contributed by atoms with Crippen molar-refractivity contribution >= 4 is 23.0 Å². The molecule has 0 spiro atoms. The van der Waals surface area contributed by atoms with Gasteiger partial charge < -0.3 is 10.6 Å². The zero-order chi connectivity index (χ0) is 12.3. The van der Waals surface area contributed by atoms with Crippen molar-refractivity contribution in [1.29, 1.82) is 0 Å². The van der Waals surface area contributed by atoms with E-state index < -0.39 is 0 Å². The van der Waals surface area contributed by atoms with Crippen LogP contribution in [0.15, 0.2) is 48.5 Å². The molecule has 0 fully saturated rings. The summed E-state index contributed by atoms with van der Waals surface area (Å²) in [5.41, 5.74) is 8.83. The average molecular weight is 247 g/mol. The monoisotopic (exact) mass is 246 g/mol. The van der Waals surface area contributed by atoms with E-state index in [2.05, 4.69) is 11.9 Å². The number of anilines is 2. The lowest BCUT2D eigenvalue weighted by Crippen LogP contribution is -2.16. The van der Waals surface area contributed by atoms with Crippen LogP contribution in [0.4, 0.5) is 11.4 Å². The first kappa shape index (κ1) is 11.8. The van der Waals surface area contributed by atoms with E-state index in [-0.39, 0.29) is 0 Å². The van der Waals surface area contributed by atoms with Gasteiger partial charge in [0.15, 0.2) is 0 Å². The lowest BCUT2D eigenvalue weighted by atomic mass is 10.2. The topological polar surface area (TPSA) is 29.3 Å². The lowest BCUT2D eigenvalue weighted by molar-refractivity contribution is 0.923. The van der Waals surface area contributed by atoms with E-state index in [9.17, 15) is 0 Å². The summed E-state index contributed by atoms with van der Waals surface area (Å²) in [7, 11) is 2.06. The van der Waals surface area contributed by atoms with E-state index in [0.29, 0.717) is 0 Å². The molecule has 2 aromatic rings. The third kappa shape index (κ3) is 3.14. The highest BCUT2D eigenvalue weighted by atomic mass is 35.5. The molecule has 0 bridgehead atoms. The maximum atomic E-state index is 5.86. The van der Waals surface area contributed by atoms with Crippen LogP contribution < -0.4 is 10.6 Å². The largest absolute Gasteiger partial charge is 0.399 e. The molecule has 0 aliphatic rings.